The molecule has 23 heavy (non-hydrogen) atoms. The van der Waals surface area contributed by atoms with Crippen molar-refractivity contribution in [3.8, 4) is 5.75 Å². The molecular formula is C18H24N2O3. The van der Waals surface area contributed by atoms with Crippen molar-refractivity contribution >= 4 is 11.8 Å². The van der Waals surface area contributed by atoms with Crippen LogP contribution in [0.5, 0.6) is 5.75 Å². The van der Waals surface area contributed by atoms with E-state index in [1.54, 1.807) is 24.0 Å². The molecule has 1 aliphatic rings. The third-order valence-electron chi connectivity index (χ3n) is 4.23. The molecule has 0 bridgehead atoms. The fourth-order valence-corrected chi connectivity index (χ4v) is 2.99. The van der Waals surface area contributed by atoms with Crippen LogP contribution in [-0.2, 0) is 16.1 Å². The molecule has 2 rings (SSSR count). The van der Waals surface area contributed by atoms with Crippen molar-refractivity contribution in [2.24, 2.45) is 5.92 Å². The van der Waals surface area contributed by atoms with Crippen LogP contribution in [0.3, 0.4) is 0 Å². The van der Waals surface area contributed by atoms with Crippen molar-refractivity contribution in [1.82, 2.24) is 9.80 Å². The molecule has 1 saturated heterocycles. The molecule has 1 heterocycles. The van der Waals surface area contributed by atoms with E-state index in [0.717, 1.165) is 24.2 Å². The van der Waals surface area contributed by atoms with Crippen molar-refractivity contribution in [2.75, 3.05) is 27.2 Å². The van der Waals surface area contributed by atoms with Gasteiger partial charge in [0.2, 0.25) is 11.8 Å². The summed E-state index contributed by atoms with van der Waals surface area (Å²) in [6.07, 6.45) is 2.97. The van der Waals surface area contributed by atoms with Gasteiger partial charge in [-0.25, -0.2) is 0 Å². The average Bonchev–Trinajstić information content (AvgIpc) is 2.60. The van der Waals surface area contributed by atoms with E-state index in [0.29, 0.717) is 19.6 Å². The molecule has 0 spiro atoms. The molecule has 1 unspecified atom stereocenters. The second kappa shape index (κ2) is 7.81. The summed E-state index contributed by atoms with van der Waals surface area (Å²) in [5.41, 5.74) is 0.973. The van der Waals surface area contributed by atoms with E-state index in [4.69, 9.17) is 4.74 Å². The number of methoxy groups -OCH3 is 1. The molecule has 1 atom stereocenters. The van der Waals surface area contributed by atoms with Crippen molar-refractivity contribution in [1.29, 1.82) is 0 Å². The highest BCUT2D eigenvalue weighted by molar-refractivity contribution is 5.88. The summed E-state index contributed by atoms with van der Waals surface area (Å²) in [4.78, 5) is 27.8. The van der Waals surface area contributed by atoms with Crippen molar-refractivity contribution in [3.63, 3.8) is 0 Å². The minimum atomic E-state index is -0.146. The molecule has 0 N–H and O–H groups in total. The van der Waals surface area contributed by atoms with Crippen LogP contribution in [0.2, 0.25) is 0 Å². The second-order valence-electron chi connectivity index (χ2n) is 5.83. The number of rotatable bonds is 5. The summed E-state index contributed by atoms with van der Waals surface area (Å²) in [7, 11) is 3.42. The second-order valence-corrected chi connectivity index (χ2v) is 5.83. The van der Waals surface area contributed by atoms with Crippen LogP contribution in [0.4, 0.5) is 0 Å². The number of amides is 2. The smallest absolute Gasteiger partial charge is 0.245 e. The minimum absolute atomic E-state index is 0.0671. The molecule has 0 radical (unpaired) electrons. The number of benzene rings is 1. The highest BCUT2D eigenvalue weighted by Gasteiger charge is 2.29. The Morgan fingerprint density at radius 1 is 1.43 bits per heavy atom. The first-order valence-electron chi connectivity index (χ1n) is 7.85. The number of nitrogens with zero attached hydrogens (tertiary/aromatic N) is 2. The van der Waals surface area contributed by atoms with E-state index in [1.807, 2.05) is 24.3 Å². The summed E-state index contributed by atoms with van der Waals surface area (Å²) < 4.78 is 5.33. The summed E-state index contributed by atoms with van der Waals surface area (Å²) in [6.45, 7) is 5.18. The molecule has 0 aliphatic carbocycles. The average molecular weight is 316 g/mol. The van der Waals surface area contributed by atoms with E-state index < -0.39 is 0 Å². The summed E-state index contributed by atoms with van der Waals surface area (Å²) in [5.74, 6) is 0.596. The number of piperidine rings is 1. The normalized spacial score (nSPS) is 17.5. The minimum Gasteiger partial charge on any atom is -0.496 e. The van der Waals surface area contributed by atoms with E-state index in [1.165, 1.54) is 6.08 Å². The van der Waals surface area contributed by atoms with Crippen LogP contribution in [0.25, 0.3) is 0 Å². The zero-order valence-corrected chi connectivity index (χ0v) is 13.8. The lowest BCUT2D eigenvalue weighted by Gasteiger charge is -2.33. The van der Waals surface area contributed by atoms with Gasteiger partial charge in [0.25, 0.3) is 0 Å². The maximum Gasteiger partial charge on any atom is 0.245 e. The quantitative estimate of drug-likeness (QED) is 0.782. The SMILES string of the molecule is C=CC(=O)N1CCCC(C(=O)N(C)Cc2ccccc2OC)C1. The van der Waals surface area contributed by atoms with Crippen molar-refractivity contribution in [2.45, 2.75) is 19.4 Å². The Balaban J connectivity index is 2.01. The van der Waals surface area contributed by atoms with Crippen LogP contribution in [0.15, 0.2) is 36.9 Å². The Bertz CT molecular complexity index is 585. The zero-order valence-electron chi connectivity index (χ0n) is 13.8. The molecule has 1 aromatic rings. The molecule has 5 nitrogen and oxygen atoms in total. The largest absolute Gasteiger partial charge is 0.496 e. The maximum atomic E-state index is 12.7. The Labute approximate surface area is 137 Å². The van der Waals surface area contributed by atoms with E-state index in [2.05, 4.69) is 6.58 Å². The fraction of sp³-hybridized carbons (Fsp3) is 0.444. The lowest BCUT2D eigenvalue weighted by molar-refractivity contribution is -0.138. The summed E-state index contributed by atoms with van der Waals surface area (Å²) >= 11 is 0. The monoisotopic (exact) mass is 316 g/mol. The van der Waals surface area contributed by atoms with Gasteiger partial charge in [-0.3, -0.25) is 9.59 Å². The first kappa shape index (κ1) is 17.1. The molecule has 5 heteroatoms. The lowest BCUT2D eigenvalue weighted by atomic mass is 9.96. The van der Waals surface area contributed by atoms with E-state index in [9.17, 15) is 9.59 Å². The Hall–Kier alpha value is -2.30. The van der Waals surface area contributed by atoms with Crippen molar-refractivity contribution < 1.29 is 14.3 Å². The molecular weight excluding hydrogens is 292 g/mol. The molecule has 1 aliphatic heterocycles. The number of hydrogen-bond donors (Lipinski definition) is 0. The standard InChI is InChI=1S/C18H24N2O3/c1-4-17(21)20-11-7-9-15(13-20)18(22)19(2)12-14-8-5-6-10-16(14)23-3/h4-6,8,10,15H,1,7,9,11-13H2,2-3H3. The van der Waals surface area contributed by atoms with E-state index in [-0.39, 0.29) is 17.7 Å². The Morgan fingerprint density at radius 2 is 2.17 bits per heavy atom. The van der Waals surface area contributed by atoms with Gasteiger partial charge in [0.15, 0.2) is 0 Å². The van der Waals surface area contributed by atoms with Gasteiger partial charge in [-0.2, -0.15) is 0 Å². The maximum absolute atomic E-state index is 12.7. The van der Waals surface area contributed by atoms with Gasteiger partial charge in [0.05, 0.1) is 13.0 Å². The first-order valence-corrected chi connectivity index (χ1v) is 7.85. The topological polar surface area (TPSA) is 49.9 Å². The van der Waals surface area contributed by atoms with Gasteiger partial charge in [0.1, 0.15) is 5.75 Å². The highest BCUT2D eigenvalue weighted by Crippen LogP contribution is 2.22. The van der Waals surface area contributed by atoms with E-state index >= 15 is 0 Å². The fourth-order valence-electron chi connectivity index (χ4n) is 2.99. The molecule has 1 aromatic carbocycles. The number of likely N-dealkylation sites (tertiary alicyclic amines) is 1. The number of ether oxygens (including phenoxy) is 1. The number of para-hydroxylation sites is 1. The van der Waals surface area contributed by atoms with Crippen LogP contribution in [0.1, 0.15) is 18.4 Å². The predicted octanol–water partition coefficient (Wildman–Crippen LogP) is 2.08. The van der Waals surface area contributed by atoms with Crippen LogP contribution in [-0.4, -0.2) is 48.9 Å². The Morgan fingerprint density at radius 3 is 2.87 bits per heavy atom. The molecule has 0 saturated carbocycles. The van der Waals surface area contributed by atoms with Gasteiger partial charge in [-0.1, -0.05) is 24.8 Å². The molecule has 0 aromatic heterocycles. The van der Waals surface area contributed by atoms with Crippen LogP contribution < -0.4 is 4.74 Å². The zero-order chi connectivity index (χ0) is 16.8. The van der Waals surface area contributed by atoms with Crippen LogP contribution >= 0.6 is 0 Å². The predicted molar refractivity (Wildman–Crippen MR) is 89.0 cm³/mol. The van der Waals surface area contributed by atoms with Gasteiger partial charge in [-0.15, -0.1) is 0 Å². The van der Waals surface area contributed by atoms with Gasteiger partial charge >= 0.3 is 0 Å². The summed E-state index contributed by atoms with van der Waals surface area (Å²) in [5, 5.41) is 0. The molecule has 124 valence electrons. The summed E-state index contributed by atoms with van der Waals surface area (Å²) in [6, 6.07) is 7.68. The molecule has 2 amide bonds. The molecule has 1 fully saturated rings. The highest BCUT2D eigenvalue weighted by atomic mass is 16.5. The van der Waals surface area contributed by atoms with Crippen molar-refractivity contribution in [3.05, 3.63) is 42.5 Å². The number of carbonyl (C=O) groups excluding carboxylic acids is 2. The lowest BCUT2D eigenvalue weighted by Crippen LogP contribution is -2.45. The number of hydrogen-bond acceptors (Lipinski definition) is 3. The Kier molecular flexibility index (Phi) is 5.79. The van der Waals surface area contributed by atoms with Gasteiger partial charge in [0, 0.05) is 32.2 Å². The third kappa shape index (κ3) is 4.12. The van der Waals surface area contributed by atoms with Gasteiger partial charge < -0.3 is 14.5 Å². The first-order chi connectivity index (χ1) is 11.1. The van der Waals surface area contributed by atoms with Crippen LogP contribution in [0, 0.1) is 5.92 Å². The third-order valence-corrected chi connectivity index (χ3v) is 4.23. The number of carbonyl (C=O) groups is 2. The van der Waals surface area contributed by atoms with Gasteiger partial charge in [-0.05, 0) is 25.0 Å².